The van der Waals surface area contributed by atoms with Crippen LogP contribution in [0.3, 0.4) is 0 Å². The van der Waals surface area contributed by atoms with Crippen molar-refractivity contribution < 1.29 is 14.7 Å². The Hall–Kier alpha value is -2.11. The Balaban J connectivity index is 2.58. The van der Waals surface area contributed by atoms with Gasteiger partial charge in [-0.05, 0) is 31.9 Å². The molecule has 0 aliphatic heterocycles. The van der Waals surface area contributed by atoms with Crippen LogP contribution < -0.4 is 10.6 Å². The van der Waals surface area contributed by atoms with Crippen molar-refractivity contribution in [2.75, 3.05) is 11.9 Å². The molecule has 1 unspecified atom stereocenters. The highest BCUT2D eigenvalue weighted by Gasteiger charge is 2.31. The largest absolute Gasteiger partial charge is 0.481 e. The monoisotopic (exact) mass is 265 g/mol. The summed E-state index contributed by atoms with van der Waals surface area (Å²) in [5.41, 5.74) is 0.539. The van der Waals surface area contributed by atoms with Crippen LogP contribution in [0, 0.1) is 12.3 Å². The molecule has 104 valence electrons. The normalized spacial score (nSPS) is 13.4. The fourth-order valence-corrected chi connectivity index (χ4v) is 1.39. The van der Waals surface area contributed by atoms with Gasteiger partial charge in [0.2, 0.25) is 0 Å². The molecule has 0 radical (unpaired) electrons. The predicted molar refractivity (Wildman–Crippen MR) is 72.0 cm³/mol. The minimum Gasteiger partial charge on any atom is -0.481 e. The summed E-state index contributed by atoms with van der Waals surface area (Å²) in [5.74, 6) is -0.923. The number of carbonyl (C=O) groups is 2. The first-order valence-corrected chi connectivity index (χ1v) is 6.08. The Labute approximate surface area is 112 Å². The van der Waals surface area contributed by atoms with Crippen LogP contribution in [0.15, 0.2) is 18.5 Å². The third kappa shape index (κ3) is 3.94. The molecule has 0 fully saturated rings. The van der Waals surface area contributed by atoms with E-state index in [4.69, 9.17) is 5.11 Å². The van der Waals surface area contributed by atoms with Gasteiger partial charge in [0.05, 0.1) is 17.3 Å². The second-order valence-corrected chi connectivity index (χ2v) is 4.72. The van der Waals surface area contributed by atoms with Crippen LogP contribution in [0.4, 0.5) is 10.5 Å². The van der Waals surface area contributed by atoms with Gasteiger partial charge in [-0.3, -0.25) is 9.78 Å². The van der Waals surface area contributed by atoms with Crippen LogP contribution in [0.5, 0.6) is 0 Å². The summed E-state index contributed by atoms with van der Waals surface area (Å²) in [7, 11) is 0. The van der Waals surface area contributed by atoms with Crippen LogP contribution in [0.1, 0.15) is 25.8 Å². The molecule has 0 bridgehead atoms. The number of hydrogen-bond donors (Lipinski definition) is 3. The summed E-state index contributed by atoms with van der Waals surface area (Å²) in [5, 5.41) is 14.3. The molecule has 1 heterocycles. The fourth-order valence-electron chi connectivity index (χ4n) is 1.39. The van der Waals surface area contributed by atoms with Crippen LogP contribution in [-0.4, -0.2) is 28.6 Å². The number of carboxylic acid groups (broad SMARTS) is 1. The molecular weight excluding hydrogens is 246 g/mol. The molecule has 0 saturated carbocycles. The third-order valence-electron chi connectivity index (χ3n) is 3.22. The maximum Gasteiger partial charge on any atom is 0.319 e. The molecule has 0 aliphatic rings. The highest BCUT2D eigenvalue weighted by atomic mass is 16.4. The van der Waals surface area contributed by atoms with Gasteiger partial charge in [-0.1, -0.05) is 6.92 Å². The van der Waals surface area contributed by atoms with E-state index in [1.165, 1.54) is 0 Å². The van der Waals surface area contributed by atoms with Gasteiger partial charge in [-0.15, -0.1) is 0 Å². The molecular formula is C13H19N3O3. The number of amides is 2. The number of anilines is 1. The lowest BCUT2D eigenvalue weighted by Crippen LogP contribution is -2.42. The van der Waals surface area contributed by atoms with E-state index in [0.29, 0.717) is 12.1 Å². The van der Waals surface area contributed by atoms with E-state index in [0.717, 1.165) is 5.56 Å². The maximum atomic E-state index is 11.7. The number of aryl methyl sites for hydroxylation is 1. The number of urea groups is 1. The Kier molecular flexibility index (Phi) is 4.86. The topological polar surface area (TPSA) is 91.3 Å². The molecule has 0 spiro atoms. The molecule has 3 N–H and O–H groups in total. The first-order chi connectivity index (χ1) is 8.89. The van der Waals surface area contributed by atoms with Gasteiger partial charge in [0.15, 0.2) is 0 Å². The summed E-state index contributed by atoms with van der Waals surface area (Å²) in [6.45, 7) is 5.30. The Bertz CT molecular complexity index is 476. The second kappa shape index (κ2) is 6.17. The summed E-state index contributed by atoms with van der Waals surface area (Å²) < 4.78 is 0. The first kappa shape index (κ1) is 14.9. The van der Waals surface area contributed by atoms with Crippen LogP contribution >= 0.6 is 0 Å². The fraction of sp³-hybridized carbons (Fsp3) is 0.462. The number of aromatic nitrogens is 1. The molecule has 19 heavy (non-hydrogen) atoms. The molecule has 1 rings (SSSR count). The van der Waals surface area contributed by atoms with E-state index in [1.807, 2.05) is 6.92 Å². The van der Waals surface area contributed by atoms with Crippen LogP contribution in [-0.2, 0) is 4.79 Å². The molecule has 0 saturated heterocycles. The van der Waals surface area contributed by atoms with E-state index >= 15 is 0 Å². The average Bonchev–Trinajstić information content (AvgIpc) is 2.38. The zero-order valence-corrected chi connectivity index (χ0v) is 11.4. The average molecular weight is 265 g/mol. The lowest BCUT2D eigenvalue weighted by atomic mass is 9.88. The van der Waals surface area contributed by atoms with Crippen molar-refractivity contribution in [1.29, 1.82) is 0 Å². The Morgan fingerprint density at radius 1 is 1.47 bits per heavy atom. The first-order valence-electron chi connectivity index (χ1n) is 6.08. The molecule has 6 heteroatoms. The molecule has 1 atom stereocenters. The number of carboxylic acids is 1. The van der Waals surface area contributed by atoms with E-state index in [9.17, 15) is 9.59 Å². The molecule has 2 amide bonds. The molecule has 1 aromatic rings. The van der Waals surface area contributed by atoms with Crippen molar-refractivity contribution in [3.8, 4) is 0 Å². The van der Waals surface area contributed by atoms with Crippen molar-refractivity contribution in [2.24, 2.45) is 5.41 Å². The summed E-state index contributed by atoms with van der Waals surface area (Å²) in [6, 6.07) is 1.35. The van der Waals surface area contributed by atoms with Gasteiger partial charge in [0.25, 0.3) is 0 Å². The van der Waals surface area contributed by atoms with Crippen LogP contribution in [0.2, 0.25) is 0 Å². The van der Waals surface area contributed by atoms with Gasteiger partial charge in [0, 0.05) is 12.7 Å². The van der Waals surface area contributed by atoms with E-state index in [2.05, 4.69) is 15.6 Å². The standard InChI is InChI=1S/C13H19N3O3/c1-4-13(3,11(17)18)8-15-12(19)16-10-7-14-6-5-9(10)2/h5-7H,4,8H2,1-3H3,(H,17,18)(H2,15,16,19). The van der Waals surface area contributed by atoms with E-state index < -0.39 is 17.4 Å². The number of aliphatic carboxylic acids is 1. The van der Waals surface area contributed by atoms with E-state index in [-0.39, 0.29) is 6.54 Å². The molecule has 6 nitrogen and oxygen atoms in total. The number of rotatable bonds is 5. The Morgan fingerprint density at radius 2 is 2.16 bits per heavy atom. The second-order valence-electron chi connectivity index (χ2n) is 4.72. The Morgan fingerprint density at radius 3 is 2.68 bits per heavy atom. The summed E-state index contributed by atoms with van der Waals surface area (Å²) >= 11 is 0. The van der Waals surface area contributed by atoms with Gasteiger partial charge >= 0.3 is 12.0 Å². The van der Waals surface area contributed by atoms with E-state index in [1.54, 1.807) is 32.3 Å². The smallest absolute Gasteiger partial charge is 0.319 e. The lowest BCUT2D eigenvalue weighted by Gasteiger charge is -2.23. The summed E-state index contributed by atoms with van der Waals surface area (Å²) in [4.78, 5) is 26.7. The molecule has 0 aromatic carbocycles. The number of carbonyl (C=O) groups excluding carboxylic acids is 1. The van der Waals surface area contributed by atoms with Crippen molar-refractivity contribution in [3.05, 3.63) is 24.0 Å². The van der Waals surface area contributed by atoms with Gasteiger partial charge in [-0.25, -0.2) is 4.79 Å². The zero-order chi connectivity index (χ0) is 14.5. The van der Waals surface area contributed by atoms with Gasteiger partial charge in [0.1, 0.15) is 0 Å². The van der Waals surface area contributed by atoms with Crippen molar-refractivity contribution in [1.82, 2.24) is 10.3 Å². The lowest BCUT2D eigenvalue weighted by molar-refractivity contribution is -0.147. The number of nitrogens with zero attached hydrogens (tertiary/aromatic N) is 1. The number of hydrogen-bond acceptors (Lipinski definition) is 3. The highest BCUT2D eigenvalue weighted by molar-refractivity contribution is 5.90. The van der Waals surface area contributed by atoms with Crippen molar-refractivity contribution in [2.45, 2.75) is 27.2 Å². The minimum absolute atomic E-state index is 0.0734. The molecule has 0 aliphatic carbocycles. The van der Waals surface area contributed by atoms with Gasteiger partial charge < -0.3 is 15.7 Å². The quantitative estimate of drug-likeness (QED) is 0.759. The molecule has 1 aromatic heterocycles. The highest BCUT2D eigenvalue weighted by Crippen LogP contribution is 2.20. The summed E-state index contributed by atoms with van der Waals surface area (Å²) in [6.07, 6.45) is 3.62. The minimum atomic E-state index is -0.957. The van der Waals surface area contributed by atoms with Crippen LogP contribution in [0.25, 0.3) is 0 Å². The van der Waals surface area contributed by atoms with Crippen molar-refractivity contribution in [3.63, 3.8) is 0 Å². The number of nitrogens with one attached hydrogen (secondary N) is 2. The predicted octanol–water partition coefficient (Wildman–Crippen LogP) is 2.01. The maximum absolute atomic E-state index is 11.7. The van der Waals surface area contributed by atoms with Crippen molar-refractivity contribution >= 4 is 17.7 Å². The SMILES string of the molecule is CCC(C)(CNC(=O)Nc1cnccc1C)C(=O)O. The third-order valence-corrected chi connectivity index (χ3v) is 3.22. The van der Waals surface area contributed by atoms with Gasteiger partial charge in [-0.2, -0.15) is 0 Å². The number of pyridine rings is 1. The zero-order valence-electron chi connectivity index (χ0n) is 11.4.